The zero-order valence-electron chi connectivity index (χ0n) is 23.6. The summed E-state index contributed by atoms with van der Waals surface area (Å²) in [4.78, 5) is 25.3. The highest BCUT2D eigenvalue weighted by atomic mass is 19.1. The minimum absolute atomic E-state index is 0.0615. The zero-order chi connectivity index (χ0) is 29.3. The highest BCUT2D eigenvalue weighted by Gasteiger charge is 2.14. The monoisotopic (exact) mass is 569 g/mol. The molecule has 0 saturated carbocycles. The first kappa shape index (κ1) is 31.7. The lowest BCUT2D eigenvalue weighted by Crippen LogP contribution is -2.27. The fraction of sp³-hybridized carbons (Fsp3) is 0.448. The van der Waals surface area contributed by atoms with Crippen LogP contribution >= 0.6 is 0 Å². The Morgan fingerprint density at radius 3 is 2.24 bits per heavy atom. The van der Waals surface area contributed by atoms with Gasteiger partial charge in [0.1, 0.15) is 5.82 Å². The maximum atomic E-state index is 13.6. The molecule has 0 radical (unpaired) electrons. The molecule has 3 aromatic rings. The van der Waals surface area contributed by atoms with Crippen LogP contribution in [0.4, 0.5) is 22.2 Å². The standard InChI is InChI=1S/C29H40FN7O4/c1-21(2)17-25(20-38)34-29-36-27(35-28(37-29)33-19-22-7-6-10-24(30)18-22)32-12-14-41-16-15-40-13-11-31-26(39)23-8-4-3-5-9-23/h3-10,18,21,25,38H,11-17,19-20H2,1-2H3,(H,31,39)(H3,32,33,34,35,36,37)/t25-/m1/s1. The number of halogens is 1. The van der Waals surface area contributed by atoms with Gasteiger partial charge in [0, 0.05) is 25.2 Å². The van der Waals surface area contributed by atoms with Crippen LogP contribution in [0.15, 0.2) is 54.6 Å². The Labute approximate surface area is 240 Å². The third-order valence-electron chi connectivity index (χ3n) is 5.75. The summed E-state index contributed by atoms with van der Waals surface area (Å²) >= 11 is 0. The SMILES string of the molecule is CC(C)C[C@H](CO)Nc1nc(NCCOCCOCCNC(=O)c2ccccc2)nc(NCc2cccc(F)c2)n1. The third-order valence-corrected chi connectivity index (χ3v) is 5.75. The van der Waals surface area contributed by atoms with Gasteiger partial charge in [-0.05, 0) is 42.2 Å². The molecule has 1 heterocycles. The van der Waals surface area contributed by atoms with Gasteiger partial charge in [-0.25, -0.2) is 4.39 Å². The predicted octanol–water partition coefficient (Wildman–Crippen LogP) is 3.32. The predicted molar refractivity (Wildman–Crippen MR) is 156 cm³/mol. The molecular weight excluding hydrogens is 529 g/mol. The quantitative estimate of drug-likeness (QED) is 0.137. The van der Waals surface area contributed by atoms with Crippen molar-refractivity contribution in [3.05, 3.63) is 71.5 Å². The lowest BCUT2D eigenvalue weighted by Gasteiger charge is -2.19. The molecule has 0 aliphatic rings. The number of aliphatic hydroxyl groups is 1. The van der Waals surface area contributed by atoms with Crippen molar-refractivity contribution < 1.29 is 23.8 Å². The van der Waals surface area contributed by atoms with Crippen LogP contribution in [0, 0.1) is 11.7 Å². The summed E-state index contributed by atoms with van der Waals surface area (Å²) in [6.45, 7) is 6.84. The third kappa shape index (κ3) is 12.5. The van der Waals surface area contributed by atoms with Crippen molar-refractivity contribution in [2.45, 2.75) is 32.9 Å². The summed E-state index contributed by atoms with van der Waals surface area (Å²) in [5, 5.41) is 22.0. The van der Waals surface area contributed by atoms with Gasteiger partial charge in [-0.15, -0.1) is 0 Å². The molecule has 1 atom stereocenters. The van der Waals surface area contributed by atoms with Gasteiger partial charge >= 0.3 is 0 Å². The number of amides is 1. The van der Waals surface area contributed by atoms with E-state index in [1.165, 1.54) is 12.1 Å². The number of ether oxygens (including phenoxy) is 2. The highest BCUT2D eigenvalue weighted by Crippen LogP contribution is 2.14. The Balaban J connectivity index is 1.41. The van der Waals surface area contributed by atoms with Crippen LogP contribution in [-0.2, 0) is 16.0 Å². The van der Waals surface area contributed by atoms with E-state index in [-0.39, 0.29) is 24.4 Å². The Morgan fingerprint density at radius 2 is 1.56 bits per heavy atom. The molecule has 0 fully saturated rings. The van der Waals surface area contributed by atoms with E-state index in [1.807, 2.05) is 24.3 Å². The number of benzene rings is 2. The molecule has 11 nitrogen and oxygen atoms in total. The molecule has 0 aliphatic carbocycles. The van der Waals surface area contributed by atoms with Crippen molar-refractivity contribution >= 4 is 23.8 Å². The van der Waals surface area contributed by atoms with E-state index in [4.69, 9.17) is 9.47 Å². The number of rotatable bonds is 19. The molecule has 0 aliphatic heterocycles. The maximum absolute atomic E-state index is 13.6. The normalized spacial score (nSPS) is 11.7. The van der Waals surface area contributed by atoms with Crippen LogP contribution in [0.25, 0.3) is 0 Å². The second kappa shape index (κ2) is 17.7. The van der Waals surface area contributed by atoms with Crippen molar-refractivity contribution in [3.63, 3.8) is 0 Å². The lowest BCUT2D eigenvalue weighted by molar-refractivity contribution is 0.0519. The fourth-order valence-corrected chi connectivity index (χ4v) is 3.84. The van der Waals surface area contributed by atoms with E-state index in [0.717, 1.165) is 12.0 Å². The van der Waals surface area contributed by atoms with E-state index in [9.17, 15) is 14.3 Å². The van der Waals surface area contributed by atoms with Crippen LogP contribution in [0.1, 0.15) is 36.2 Å². The summed E-state index contributed by atoms with van der Waals surface area (Å²) in [5.74, 6) is 0.886. The Bertz CT molecular complexity index is 1190. The smallest absolute Gasteiger partial charge is 0.251 e. The Hall–Kier alpha value is -3.87. The van der Waals surface area contributed by atoms with Gasteiger partial charge < -0.3 is 35.8 Å². The topological polar surface area (TPSA) is 143 Å². The molecule has 222 valence electrons. The van der Waals surface area contributed by atoms with Gasteiger partial charge in [0.2, 0.25) is 17.8 Å². The van der Waals surface area contributed by atoms with Crippen LogP contribution in [0.5, 0.6) is 0 Å². The molecule has 2 aromatic carbocycles. The summed E-state index contributed by atoms with van der Waals surface area (Å²) in [6.07, 6.45) is 0.742. The van der Waals surface area contributed by atoms with E-state index in [1.54, 1.807) is 18.2 Å². The first-order valence-corrected chi connectivity index (χ1v) is 13.8. The number of nitrogens with zero attached hydrogens (tertiary/aromatic N) is 3. The molecule has 1 amide bonds. The number of aliphatic hydroxyl groups excluding tert-OH is 1. The van der Waals surface area contributed by atoms with Gasteiger partial charge in [0.05, 0.1) is 39.1 Å². The molecule has 0 spiro atoms. The van der Waals surface area contributed by atoms with E-state index < -0.39 is 0 Å². The number of nitrogens with one attached hydrogen (secondary N) is 4. The summed E-state index contributed by atoms with van der Waals surface area (Å²) in [5.41, 5.74) is 1.36. The van der Waals surface area contributed by atoms with Crippen LogP contribution in [0.3, 0.4) is 0 Å². The largest absolute Gasteiger partial charge is 0.394 e. The lowest BCUT2D eigenvalue weighted by atomic mass is 10.0. The molecular formula is C29H40FN7O4. The summed E-state index contributed by atoms with van der Waals surface area (Å²) < 4.78 is 24.7. The minimum Gasteiger partial charge on any atom is -0.394 e. The molecule has 41 heavy (non-hydrogen) atoms. The van der Waals surface area contributed by atoms with E-state index >= 15 is 0 Å². The van der Waals surface area contributed by atoms with Gasteiger partial charge in [-0.1, -0.05) is 44.2 Å². The summed E-state index contributed by atoms with van der Waals surface area (Å²) in [7, 11) is 0. The van der Waals surface area contributed by atoms with Crippen molar-refractivity contribution in [1.29, 1.82) is 0 Å². The molecule has 0 saturated heterocycles. The molecule has 1 aromatic heterocycles. The zero-order valence-corrected chi connectivity index (χ0v) is 23.6. The Morgan fingerprint density at radius 1 is 0.878 bits per heavy atom. The number of aromatic nitrogens is 3. The first-order valence-electron chi connectivity index (χ1n) is 13.8. The maximum Gasteiger partial charge on any atom is 0.251 e. The van der Waals surface area contributed by atoms with Gasteiger partial charge in [-0.3, -0.25) is 4.79 Å². The van der Waals surface area contributed by atoms with Crippen molar-refractivity contribution in [2.24, 2.45) is 5.92 Å². The van der Waals surface area contributed by atoms with Gasteiger partial charge in [0.15, 0.2) is 0 Å². The number of anilines is 3. The Kier molecular flexibility index (Phi) is 13.7. The van der Waals surface area contributed by atoms with Gasteiger partial charge in [0.25, 0.3) is 5.91 Å². The van der Waals surface area contributed by atoms with Crippen LogP contribution < -0.4 is 21.3 Å². The first-order chi connectivity index (χ1) is 19.9. The van der Waals surface area contributed by atoms with E-state index in [0.29, 0.717) is 75.4 Å². The number of hydrogen-bond donors (Lipinski definition) is 5. The number of hydrogen-bond acceptors (Lipinski definition) is 10. The second-order valence-electron chi connectivity index (χ2n) is 9.72. The molecule has 0 unspecified atom stereocenters. The average Bonchev–Trinajstić information content (AvgIpc) is 2.96. The second-order valence-corrected chi connectivity index (χ2v) is 9.72. The van der Waals surface area contributed by atoms with Crippen molar-refractivity contribution in [2.75, 3.05) is 62.1 Å². The number of carbonyl (C=O) groups excluding carboxylic acids is 1. The van der Waals surface area contributed by atoms with Crippen LogP contribution in [-0.4, -0.2) is 78.1 Å². The highest BCUT2D eigenvalue weighted by molar-refractivity contribution is 5.94. The minimum atomic E-state index is -0.315. The van der Waals surface area contributed by atoms with Crippen LogP contribution in [0.2, 0.25) is 0 Å². The average molecular weight is 570 g/mol. The van der Waals surface area contributed by atoms with Crippen molar-refractivity contribution in [3.8, 4) is 0 Å². The van der Waals surface area contributed by atoms with E-state index in [2.05, 4.69) is 50.1 Å². The number of carbonyl (C=O) groups is 1. The molecule has 0 bridgehead atoms. The fourth-order valence-electron chi connectivity index (χ4n) is 3.84. The molecule has 5 N–H and O–H groups in total. The van der Waals surface area contributed by atoms with Gasteiger partial charge in [-0.2, -0.15) is 15.0 Å². The van der Waals surface area contributed by atoms with Crippen molar-refractivity contribution in [1.82, 2.24) is 20.3 Å². The molecule has 3 rings (SSSR count). The molecule has 12 heteroatoms. The summed E-state index contributed by atoms with van der Waals surface area (Å²) in [6, 6.07) is 15.1.